The van der Waals surface area contributed by atoms with Crippen molar-refractivity contribution in [2.75, 3.05) is 26.8 Å². The van der Waals surface area contributed by atoms with E-state index in [4.69, 9.17) is 4.74 Å². The van der Waals surface area contributed by atoms with Crippen LogP contribution in [0.3, 0.4) is 0 Å². The number of carbonyl (C=O) groups is 1. The smallest absolute Gasteiger partial charge is 0.407 e. The van der Waals surface area contributed by atoms with Crippen molar-refractivity contribution in [3.63, 3.8) is 0 Å². The Morgan fingerprint density at radius 1 is 1.23 bits per heavy atom. The lowest BCUT2D eigenvalue weighted by Crippen LogP contribution is -2.52. The Hall–Kier alpha value is -1.10. The molecule has 1 amide bonds. The molecule has 168 valence electrons. The van der Waals surface area contributed by atoms with Crippen molar-refractivity contribution in [3.05, 3.63) is 11.6 Å². The lowest BCUT2D eigenvalue weighted by molar-refractivity contribution is -0.0488. The highest BCUT2D eigenvalue weighted by atomic mass is 19.1. The van der Waals surface area contributed by atoms with Gasteiger partial charge in [0.2, 0.25) is 0 Å². The minimum Gasteiger partial charge on any atom is -0.446 e. The summed E-state index contributed by atoms with van der Waals surface area (Å²) < 4.78 is 17.9. The number of hydrogen-bond donors (Lipinski definition) is 1. The zero-order valence-corrected chi connectivity index (χ0v) is 19.0. The van der Waals surface area contributed by atoms with Gasteiger partial charge in [-0.1, -0.05) is 18.6 Å². The standard InChI is InChI=1S/C25H39FN2O2/c1-16-20-6-7-22-19-5-4-17-14-18(30-23(29)27-13-12-26)8-10-24(17,2)21(19)9-11-25(20,22)15-28(16)3/h4,16,18-22H,5-15H2,1-3H3,(H,27,29). The van der Waals surface area contributed by atoms with Crippen molar-refractivity contribution >= 4 is 6.09 Å². The molecule has 5 aliphatic rings. The molecule has 1 heterocycles. The summed E-state index contributed by atoms with van der Waals surface area (Å²) >= 11 is 0. The molecule has 1 aliphatic heterocycles. The maximum absolute atomic E-state index is 12.3. The molecule has 4 nitrogen and oxygen atoms in total. The number of ether oxygens (including phenoxy) is 1. The van der Waals surface area contributed by atoms with Gasteiger partial charge in [-0.25, -0.2) is 9.18 Å². The fraction of sp³-hybridized carbons (Fsp3) is 0.880. The molecule has 0 aromatic carbocycles. The third kappa shape index (κ3) is 2.97. The van der Waals surface area contributed by atoms with Crippen LogP contribution in [0.15, 0.2) is 11.6 Å². The monoisotopic (exact) mass is 418 g/mol. The second kappa shape index (κ2) is 7.50. The van der Waals surface area contributed by atoms with E-state index < -0.39 is 12.8 Å². The quantitative estimate of drug-likeness (QED) is 0.660. The summed E-state index contributed by atoms with van der Waals surface area (Å²) in [6.45, 7) is 5.75. The second-order valence-electron chi connectivity index (χ2n) is 11.3. The number of carbonyl (C=O) groups excluding carboxylic acids is 1. The average molecular weight is 419 g/mol. The Bertz CT molecular complexity index is 726. The first-order valence-electron chi connectivity index (χ1n) is 12.3. The van der Waals surface area contributed by atoms with Crippen LogP contribution in [0, 0.1) is 34.5 Å². The SMILES string of the molecule is CC1C2CCC3C4CC=C5CC(OC(=O)NCCF)CCC5(C)C4CCC32CN1C. The lowest BCUT2D eigenvalue weighted by atomic mass is 9.47. The van der Waals surface area contributed by atoms with Gasteiger partial charge in [0, 0.05) is 25.6 Å². The zero-order valence-electron chi connectivity index (χ0n) is 19.0. The van der Waals surface area contributed by atoms with Gasteiger partial charge < -0.3 is 15.0 Å². The van der Waals surface area contributed by atoms with Gasteiger partial charge in [-0.2, -0.15) is 0 Å². The first kappa shape index (κ1) is 20.8. The Morgan fingerprint density at radius 2 is 2.03 bits per heavy atom. The number of hydrogen-bond acceptors (Lipinski definition) is 3. The predicted octanol–water partition coefficient (Wildman–Crippen LogP) is 4.94. The van der Waals surface area contributed by atoms with Crippen LogP contribution in [0.4, 0.5) is 9.18 Å². The van der Waals surface area contributed by atoms with Crippen LogP contribution in [-0.2, 0) is 4.74 Å². The Morgan fingerprint density at radius 3 is 2.83 bits per heavy atom. The van der Waals surface area contributed by atoms with Gasteiger partial charge >= 0.3 is 6.09 Å². The maximum Gasteiger partial charge on any atom is 0.407 e. The highest BCUT2D eigenvalue weighted by molar-refractivity contribution is 5.67. The van der Waals surface area contributed by atoms with E-state index in [-0.39, 0.29) is 18.1 Å². The van der Waals surface area contributed by atoms with Crippen molar-refractivity contribution in [2.45, 2.75) is 77.4 Å². The van der Waals surface area contributed by atoms with Gasteiger partial charge in [-0.15, -0.1) is 0 Å². The van der Waals surface area contributed by atoms with E-state index >= 15 is 0 Å². The molecule has 3 saturated carbocycles. The highest BCUT2D eigenvalue weighted by Crippen LogP contribution is 2.68. The molecular weight excluding hydrogens is 379 g/mol. The number of rotatable bonds is 3. The summed E-state index contributed by atoms with van der Waals surface area (Å²) in [5.74, 6) is 3.42. The molecule has 5 heteroatoms. The third-order valence-corrected chi connectivity index (χ3v) is 10.3. The van der Waals surface area contributed by atoms with Gasteiger partial charge in [0.25, 0.3) is 0 Å². The van der Waals surface area contributed by atoms with Gasteiger partial charge in [-0.3, -0.25) is 0 Å². The molecule has 8 atom stereocenters. The van der Waals surface area contributed by atoms with Gasteiger partial charge in [0.15, 0.2) is 0 Å². The van der Waals surface area contributed by atoms with Crippen molar-refractivity contribution in [1.82, 2.24) is 10.2 Å². The van der Waals surface area contributed by atoms with Crippen LogP contribution < -0.4 is 5.32 Å². The molecule has 0 aromatic heterocycles. The molecular formula is C25H39FN2O2. The average Bonchev–Trinajstić information content (AvgIpc) is 3.21. The van der Waals surface area contributed by atoms with Crippen LogP contribution >= 0.6 is 0 Å². The van der Waals surface area contributed by atoms with E-state index in [9.17, 15) is 9.18 Å². The summed E-state index contributed by atoms with van der Waals surface area (Å²) in [5, 5.41) is 2.50. The number of alkyl halides is 1. The number of fused-ring (bicyclic) bond motifs is 4. The Labute approximate surface area is 181 Å². The van der Waals surface area contributed by atoms with E-state index in [1.54, 1.807) is 0 Å². The highest BCUT2D eigenvalue weighted by Gasteiger charge is 2.64. The number of alkyl carbamates (subject to hydrolysis) is 1. The molecule has 4 aliphatic carbocycles. The van der Waals surface area contributed by atoms with E-state index in [1.165, 1.54) is 44.2 Å². The van der Waals surface area contributed by atoms with Crippen LogP contribution in [0.2, 0.25) is 0 Å². The van der Waals surface area contributed by atoms with Crippen molar-refractivity contribution < 1.29 is 13.9 Å². The van der Waals surface area contributed by atoms with E-state index in [1.807, 2.05) is 0 Å². The number of amides is 1. The topological polar surface area (TPSA) is 41.6 Å². The molecule has 0 radical (unpaired) electrons. The van der Waals surface area contributed by atoms with Crippen LogP contribution in [0.5, 0.6) is 0 Å². The molecule has 1 saturated heterocycles. The number of nitrogens with one attached hydrogen (secondary N) is 1. The largest absolute Gasteiger partial charge is 0.446 e. The molecule has 1 N–H and O–H groups in total. The summed E-state index contributed by atoms with van der Waals surface area (Å²) in [6, 6.07) is 0.743. The normalized spacial score (nSPS) is 47.5. The number of nitrogens with zero attached hydrogens (tertiary/aromatic N) is 1. The van der Waals surface area contributed by atoms with Gasteiger partial charge in [0.1, 0.15) is 12.8 Å². The van der Waals surface area contributed by atoms with Gasteiger partial charge in [0.05, 0.1) is 0 Å². The van der Waals surface area contributed by atoms with E-state index in [0.717, 1.165) is 49.0 Å². The van der Waals surface area contributed by atoms with Gasteiger partial charge in [-0.05, 0) is 93.4 Å². The molecule has 30 heavy (non-hydrogen) atoms. The van der Waals surface area contributed by atoms with Crippen LogP contribution in [0.25, 0.3) is 0 Å². The van der Waals surface area contributed by atoms with Crippen molar-refractivity contribution in [2.24, 2.45) is 34.5 Å². The summed E-state index contributed by atoms with van der Waals surface area (Å²) in [7, 11) is 2.34. The summed E-state index contributed by atoms with van der Waals surface area (Å²) in [6.07, 6.45) is 11.8. The molecule has 1 spiro atoms. The molecule has 0 bridgehead atoms. The fourth-order valence-electron chi connectivity index (χ4n) is 8.87. The van der Waals surface area contributed by atoms with E-state index in [2.05, 4.69) is 37.2 Å². The molecule has 8 unspecified atom stereocenters. The summed E-state index contributed by atoms with van der Waals surface area (Å²) in [5.41, 5.74) is 2.38. The maximum atomic E-state index is 12.3. The first-order chi connectivity index (χ1) is 14.4. The van der Waals surface area contributed by atoms with Crippen molar-refractivity contribution in [1.29, 1.82) is 0 Å². The molecule has 4 fully saturated rings. The minimum atomic E-state index is -0.551. The predicted molar refractivity (Wildman–Crippen MR) is 116 cm³/mol. The minimum absolute atomic E-state index is 0.0354. The molecule has 0 aromatic rings. The lowest BCUT2D eigenvalue weighted by Gasteiger charge is -2.58. The molecule has 5 rings (SSSR count). The Kier molecular flexibility index (Phi) is 5.19. The Balaban J connectivity index is 1.32. The number of allylic oxidation sites excluding steroid dienone is 1. The number of likely N-dealkylation sites (tertiary alicyclic amines) is 1. The van der Waals surface area contributed by atoms with Crippen LogP contribution in [-0.4, -0.2) is 50.0 Å². The fourth-order valence-corrected chi connectivity index (χ4v) is 8.87. The second-order valence-corrected chi connectivity index (χ2v) is 11.3. The van der Waals surface area contributed by atoms with Crippen LogP contribution in [0.1, 0.15) is 65.2 Å². The number of halogens is 1. The van der Waals surface area contributed by atoms with E-state index in [0.29, 0.717) is 5.41 Å². The zero-order chi connectivity index (χ0) is 21.1. The third-order valence-electron chi connectivity index (χ3n) is 10.3. The van der Waals surface area contributed by atoms with Crippen molar-refractivity contribution in [3.8, 4) is 0 Å². The summed E-state index contributed by atoms with van der Waals surface area (Å²) in [4.78, 5) is 14.5. The first-order valence-corrected chi connectivity index (χ1v) is 12.3.